The predicted octanol–water partition coefficient (Wildman–Crippen LogP) is 2.35. The number of guanidine groups is 1. The molecule has 0 aliphatic rings. The quantitative estimate of drug-likeness (QED) is 0.479. The third kappa shape index (κ3) is 5.24. The average Bonchev–Trinajstić information content (AvgIpc) is 2.68. The summed E-state index contributed by atoms with van der Waals surface area (Å²) in [5.74, 6) is 1.18. The molecule has 2 aromatic rings. The lowest BCUT2D eigenvalue weighted by Crippen LogP contribution is -2.36. The molecule has 0 fully saturated rings. The smallest absolute Gasteiger partial charge is 0.337 e. The molecule has 0 aliphatic carbocycles. The van der Waals surface area contributed by atoms with Crippen molar-refractivity contribution in [3.8, 4) is 5.75 Å². The number of benzene rings is 2. The fourth-order valence-electron chi connectivity index (χ4n) is 2.31. The maximum Gasteiger partial charge on any atom is 0.337 e. The molecule has 0 spiro atoms. The Bertz CT molecular complexity index is 727. The Balaban J connectivity index is 1.89. The van der Waals surface area contributed by atoms with Crippen molar-refractivity contribution in [2.24, 2.45) is 4.99 Å². The standard InChI is InChI=1S/C19H23N3O3/c1-20-19(22-13-16-6-4-5-7-17(16)24-2)21-12-14-8-10-15(11-9-14)18(23)25-3/h4-11H,12-13H2,1-3H3,(H2,20,21,22). The summed E-state index contributed by atoms with van der Waals surface area (Å²) in [7, 11) is 4.75. The van der Waals surface area contributed by atoms with Crippen LogP contribution < -0.4 is 15.4 Å². The Morgan fingerprint density at radius 3 is 2.32 bits per heavy atom. The van der Waals surface area contributed by atoms with Crippen LogP contribution in [0.3, 0.4) is 0 Å². The summed E-state index contributed by atoms with van der Waals surface area (Å²) in [4.78, 5) is 15.6. The maximum absolute atomic E-state index is 11.4. The van der Waals surface area contributed by atoms with Gasteiger partial charge in [-0.2, -0.15) is 0 Å². The number of carbonyl (C=O) groups excluding carboxylic acids is 1. The molecule has 132 valence electrons. The zero-order valence-electron chi connectivity index (χ0n) is 14.7. The molecule has 6 heteroatoms. The van der Waals surface area contributed by atoms with Gasteiger partial charge in [0, 0.05) is 25.7 Å². The number of para-hydroxylation sites is 1. The molecule has 0 radical (unpaired) electrons. The molecule has 6 nitrogen and oxygen atoms in total. The van der Waals surface area contributed by atoms with Crippen LogP contribution >= 0.6 is 0 Å². The Kier molecular flexibility index (Phi) is 6.83. The number of methoxy groups -OCH3 is 2. The summed E-state index contributed by atoms with van der Waals surface area (Å²) in [6, 6.07) is 15.1. The van der Waals surface area contributed by atoms with Crippen molar-refractivity contribution in [2.45, 2.75) is 13.1 Å². The molecule has 0 aliphatic heterocycles. The fourth-order valence-corrected chi connectivity index (χ4v) is 2.31. The van der Waals surface area contributed by atoms with Gasteiger partial charge in [0.1, 0.15) is 5.75 Å². The molecular weight excluding hydrogens is 318 g/mol. The number of nitrogens with one attached hydrogen (secondary N) is 2. The van der Waals surface area contributed by atoms with E-state index in [1.54, 1.807) is 26.3 Å². The van der Waals surface area contributed by atoms with Gasteiger partial charge >= 0.3 is 5.97 Å². The van der Waals surface area contributed by atoms with E-state index in [9.17, 15) is 4.79 Å². The van der Waals surface area contributed by atoms with E-state index in [2.05, 4.69) is 15.6 Å². The number of carbonyl (C=O) groups is 1. The second-order valence-corrected chi connectivity index (χ2v) is 5.28. The van der Waals surface area contributed by atoms with Crippen LogP contribution in [-0.2, 0) is 17.8 Å². The normalized spacial score (nSPS) is 10.9. The Hall–Kier alpha value is -3.02. The van der Waals surface area contributed by atoms with E-state index in [-0.39, 0.29) is 5.97 Å². The molecule has 0 heterocycles. The summed E-state index contributed by atoms with van der Waals surface area (Å²) < 4.78 is 10.0. The predicted molar refractivity (Wildman–Crippen MR) is 97.8 cm³/mol. The molecule has 0 amide bonds. The van der Waals surface area contributed by atoms with Crippen LogP contribution in [0.4, 0.5) is 0 Å². The van der Waals surface area contributed by atoms with Crippen molar-refractivity contribution < 1.29 is 14.3 Å². The van der Waals surface area contributed by atoms with E-state index < -0.39 is 0 Å². The topological polar surface area (TPSA) is 72.0 Å². The molecule has 0 bridgehead atoms. The van der Waals surface area contributed by atoms with Crippen LogP contribution in [0, 0.1) is 0 Å². The Morgan fingerprint density at radius 1 is 1.00 bits per heavy atom. The maximum atomic E-state index is 11.4. The molecule has 2 N–H and O–H groups in total. The van der Waals surface area contributed by atoms with Gasteiger partial charge in [-0.3, -0.25) is 4.99 Å². The van der Waals surface area contributed by atoms with Crippen LogP contribution in [0.2, 0.25) is 0 Å². The number of nitrogens with zero attached hydrogens (tertiary/aromatic N) is 1. The second-order valence-electron chi connectivity index (χ2n) is 5.28. The highest BCUT2D eigenvalue weighted by molar-refractivity contribution is 5.89. The fraction of sp³-hybridized carbons (Fsp3) is 0.263. The van der Waals surface area contributed by atoms with E-state index >= 15 is 0 Å². The van der Waals surface area contributed by atoms with Gasteiger partial charge in [-0.15, -0.1) is 0 Å². The molecule has 2 aromatic carbocycles. The first-order valence-corrected chi connectivity index (χ1v) is 7.91. The molecule has 0 saturated heterocycles. The highest BCUT2D eigenvalue weighted by atomic mass is 16.5. The Morgan fingerprint density at radius 2 is 1.68 bits per heavy atom. The molecule has 0 saturated carbocycles. The van der Waals surface area contributed by atoms with Gasteiger partial charge in [0.05, 0.1) is 19.8 Å². The van der Waals surface area contributed by atoms with E-state index in [1.165, 1.54) is 7.11 Å². The highest BCUT2D eigenvalue weighted by Gasteiger charge is 2.06. The number of esters is 1. The lowest BCUT2D eigenvalue weighted by atomic mass is 10.1. The lowest BCUT2D eigenvalue weighted by Gasteiger charge is -2.14. The van der Waals surface area contributed by atoms with Gasteiger partial charge in [-0.1, -0.05) is 30.3 Å². The number of hydrogen-bond donors (Lipinski definition) is 2. The van der Waals surface area contributed by atoms with Crippen molar-refractivity contribution in [2.75, 3.05) is 21.3 Å². The van der Waals surface area contributed by atoms with Gasteiger partial charge in [0.25, 0.3) is 0 Å². The molecule has 0 aromatic heterocycles. The number of hydrogen-bond acceptors (Lipinski definition) is 4. The first kappa shape index (κ1) is 18.3. The SMILES string of the molecule is CN=C(NCc1ccc(C(=O)OC)cc1)NCc1ccccc1OC. The van der Waals surface area contributed by atoms with Crippen LogP contribution in [0.5, 0.6) is 5.75 Å². The number of rotatable bonds is 6. The molecule has 0 unspecified atom stereocenters. The minimum Gasteiger partial charge on any atom is -0.496 e. The van der Waals surface area contributed by atoms with Crippen molar-refractivity contribution >= 4 is 11.9 Å². The van der Waals surface area contributed by atoms with E-state index in [0.717, 1.165) is 16.9 Å². The third-order valence-electron chi connectivity index (χ3n) is 3.70. The highest BCUT2D eigenvalue weighted by Crippen LogP contribution is 2.16. The summed E-state index contributed by atoms with van der Waals surface area (Å²) in [6.07, 6.45) is 0. The van der Waals surface area contributed by atoms with E-state index in [4.69, 9.17) is 9.47 Å². The van der Waals surface area contributed by atoms with Crippen molar-refractivity contribution in [3.05, 3.63) is 65.2 Å². The van der Waals surface area contributed by atoms with Gasteiger partial charge in [-0.25, -0.2) is 4.79 Å². The largest absolute Gasteiger partial charge is 0.496 e. The number of aliphatic imine (C=N–C) groups is 1. The summed E-state index contributed by atoms with van der Waals surface area (Å²) >= 11 is 0. The van der Waals surface area contributed by atoms with Crippen molar-refractivity contribution in [1.29, 1.82) is 0 Å². The van der Waals surface area contributed by atoms with Crippen LogP contribution in [0.1, 0.15) is 21.5 Å². The van der Waals surface area contributed by atoms with Gasteiger partial charge in [0.15, 0.2) is 5.96 Å². The summed E-state index contributed by atoms with van der Waals surface area (Å²) in [5, 5.41) is 6.49. The third-order valence-corrected chi connectivity index (χ3v) is 3.70. The summed E-state index contributed by atoms with van der Waals surface area (Å²) in [6.45, 7) is 1.19. The minimum absolute atomic E-state index is 0.339. The number of ether oxygens (including phenoxy) is 2. The van der Waals surface area contributed by atoms with Gasteiger partial charge in [-0.05, 0) is 23.8 Å². The second kappa shape index (κ2) is 9.32. The first-order valence-electron chi connectivity index (χ1n) is 7.91. The van der Waals surface area contributed by atoms with Gasteiger partial charge < -0.3 is 20.1 Å². The molecular formula is C19H23N3O3. The molecule has 0 atom stereocenters. The van der Waals surface area contributed by atoms with Crippen LogP contribution in [0.15, 0.2) is 53.5 Å². The first-order chi connectivity index (χ1) is 12.2. The van der Waals surface area contributed by atoms with Crippen molar-refractivity contribution in [3.63, 3.8) is 0 Å². The Labute approximate surface area is 147 Å². The lowest BCUT2D eigenvalue weighted by molar-refractivity contribution is 0.0600. The van der Waals surface area contributed by atoms with Crippen LogP contribution in [-0.4, -0.2) is 33.2 Å². The zero-order valence-corrected chi connectivity index (χ0v) is 14.7. The monoisotopic (exact) mass is 341 g/mol. The summed E-state index contributed by atoms with van der Waals surface area (Å²) in [5.41, 5.74) is 2.62. The average molecular weight is 341 g/mol. The minimum atomic E-state index is -0.339. The zero-order chi connectivity index (χ0) is 18.1. The van der Waals surface area contributed by atoms with Crippen LogP contribution in [0.25, 0.3) is 0 Å². The molecule has 2 rings (SSSR count). The van der Waals surface area contributed by atoms with Gasteiger partial charge in [0.2, 0.25) is 0 Å². The van der Waals surface area contributed by atoms with E-state index in [1.807, 2.05) is 36.4 Å². The van der Waals surface area contributed by atoms with Crippen molar-refractivity contribution in [1.82, 2.24) is 10.6 Å². The van der Waals surface area contributed by atoms with E-state index in [0.29, 0.717) is 24.6 Å². The molecule has 25 heavy (non-hydrogen) atoms.